The average molecular weight is 238 g/mol. The van der Waals surface area contributed by atoms with Crippen molar-refractivity contribution in [2.45, 2.75) is 26.4 Å². The Kier molecular flexibility index (Phi) is 4.82. The summed E-state index contributed by atoms with van der Waals surface area (Å²) in [6.07, 6.45) is -0.000700. The summed E-state index contributed by atoms with van der Waals surface area (Å²) in [6.45, 7) is 3.55. The van der Waals surface area contributed by atoms with Crippen LogP contribution >= 0.6 is 0 Å². The second kappa shape index (κ2) is 6.13. The third kappa shape index (κ3) is 3.66. The van der Waals surface area contributed by atoms with Crippen molar-refractivity contribution in [1.82, 2.24) is 0 Å². The highest BCUT2D eigenvalue weighted by atomic mass is 16.5. The van der Waals surface area contributed by atoms with E-state index in [1.165, 1.54) is 0 Å². The molecule has 0 amide bonds. The van der Waals surface area contributed by atoms with Crippen molar-refractivity contribution in [2.24, 2.45) is 0 Å². The molecule has 4 nitrogen and oxygen atoms in total. The molecular formula is C13H18O4. The van der Waals surface area contributed by atoms with Crippen LogP contribution < -0.4 is 14.2 Å². The summed E-state index contributed by atoms with van der Waals surface area (Å²) in [4.78, 5) is 11.4. The molecule has 0 heterocycles. The molecule has 0 aromatic heterocycles. The van der Waals surface area contributed by atoms with Crippen molar-refractivity contribution in [1.29, 1.82) is 0 Å². The van der Waals surface area contributed by atoms with Crippen LogP contribution in [0.1, 0.15) is 20.3 Å². The molecule has 0 saturated heterocycles. The Hall–Kier alpha value is -1.71. The number of carbonyl (C=O) groups is 1. The third-order valence-electron chi connectivity index (χ3n) is 2.44. The second-order valence-electron chi connectivity index (χ2n) is 3.63. The maximum Gasteiger partial charge on any atom is 0.172 e. The third-order valence-corrected chi connectivity index (χ3v) is 2.44. The average Bonchev–Trinajstić information content (AvgIpc) is 2.36. The molecule has 1 rings (SSSR count). The first-order valence-corrected chi connectivity index (χ1v) is 5.53. The molecule has 0 bridgehead atoms. The second-order valence-corrected chi connectivity index (χ2v) is 3.63. The standard InChI is InChI=1S/C13H18O4/c1-5-13(14)9(2)17-12-7-10(15-3)6-11(8-12)16-4/h6-9H,5H2,1-4H3. The molecule has 0 saturated carbocycles. The Bertz CT molecular complexity index is 365. The summed E-state index contributed by atoms with van der Waals surface area (Å²) in [5, 5.41) is 0. The number of carbonyl (C=O) groups excluding carboxylic acids is 1. The van der Waals surface area contributed by atoms with Crippen molar-refractivity contribution in [3.63, 3.8) is 0 Å². The van der Waals surface area contributed by atoms with Gasteiger partial charge in [0.1, 0.15) is 17.2 Å². The fourth-order valence-electron chi connectivity index (χ4n) is 1.41. The zero-order chi connectivity index (χ0) is 12.8. The van der Waals surface area contributed by atoms with Gasteiger partial charge in [0, 0.05) is 24.6 Å². The first kappa shape index (κ1) is 13.4. The zero-order valence-electron chi connectivity index (χ0n) is 10.6. The highest BCUT2D eigenvalue weighted by Crippen LogP contribution is 2.28. The van der Waals surface area contributed by atoms with E-state index < -0.39 is 6.10 Å². The fraction of sp³-hybridized carbons (Fsp3) is 0.462. The van der Waals surface area contributed by atoms with Gasteiger partial charge >= 0.3 is 0 Å². The molecule has 1 unspecified atom stereocenters. The van der Waals surface area contributed by atoms with Crippen molar-refractivity contribution in [2.75, 3.05) is 14.2 Å². The van der Waals surface area contributed by atoms with Gasteiger partial charge in [-0.1, -0.05) is 6.92 Å². The molecule has 17 heavy (non-hydrogen) atoms. The summed E-state index contributed by atoms with van der Waals surface area (Å²) in [5.74, 6) is 1.90. The summed E-state index contributed by atoms with van der Waals surface area (Å²) >= 11 is 0. The molecule has 94 valence electrons. The van der Waals surface area contributed by atoms with Gasteiger partial charge < -0.3 is 14.2 Å². The van der Waals surface area contributed by atoms with Crippen LogP contribution in [0.5, 0.6) is 17.2 Å². The van der Waals surface area contributed by atoms with E-state index in [9.17, 15) is 4.79 Å². The van der Waals surface area contributed by atoms with E-state index in [0.29, 0.717) is 23.7 Å². The molecule has 0 radical (unpaired) electrons. The van der Waals surface area contributed by atoms with Gasteiger partial charge in [-0.15, -0.1) is 0 Å². The first-order valence-electron chi connectivity index (χ1n) is 5.53. The molecule has 0 aliphatic heterocycles. The number of ketones is 1. The lowest BCUT2D eigenvalue weighted by Gasteiger charge is -2.14. The van der Waals surface area contributed by atoms with E-state index in [1.807, 2.05) is 6.92 Å². The first-order chi connectivity index (χ1) is 8.10. The minimum Gasteiger partial charge on any atom is -0.496 e. The van der Waals surface area contributed by atoms with Crippen LogP contribution in [0, 0.1) is 0 Å². The zero-order valence-corrected chi connectivity index (χ0v) is 10.6. The molecule has 1 aromatic rings. The Morgan fingerprint density at radius 2 is 1.59 bits per heavy atom. The molecule has 0 fully saturated rings. The van der Waals surface area contributed by atoms with Crippen molar-refractivity contribution >= 4 is 5.78 Å². The number of benzene rings is 1. The van der Waals surface area contributed by atoms with Gasteiger partial charge in [0.15, 0.2) is 11.9 Å². The highest BCUT2D eigenvalue weighted by molar-refractivity contribution is 5.82. The number of rotatable bonds is 6. The molecular weight excluding hydrogens is 220 g/mol. The Labute approximate surface area is 101 Å². The monoisotopic (exact) mass is 238 g/mol. The predicted molar refractivity (Wildman–Crippen MR) is 64.9 cm³/mol. The van der Waals surface area contributed by atoms with Crippen LogP contribution in [0.2, 0.25) is 0 Å². The van der Waals surface area contributed by atoms with E-state index in [2.05, 4.69) is 0 Å². The summed E-state index contributed by atoms with van der Waals surface area (Å²) < 4.78 is 15.8. The predicted octanol–water partition coefficient (Wildman–Crippen LogP) is 2.45. The molecule has 4 heteroatoms. The number of hydrogen-bond donors (Lipinski definition) is 0. The van der Waals surface area contributed by atoms with Gasteiger partial charge in [-0.25, -0.2) is 0 Å². The minimum atomic E-state index is -0.461. The highest BCUT2D eigenvalue weighted by Gasteiger charge is 2.13. The maximum atomic E-state index is 11.4. The molecule has 1 atom stereocenters. The van der Waals surface area contributed by atoms with Crippen LogP contribution in [0.15, 0.2) is 18.2 Å². The number of methoxy groups -OCH3 is 2. The Morgan fingerprint density at radius 3 is 2.00 bits per heavy atom. The summed E-state index contributed by atoms with van der Waals surface area (Å²) in [5.41, 5.74) is 0. The van der Waals surface area contributed by atoms with Gasteiger partial charge in [-0.05, 0) is 6.92 Å². The van der Waals surface area contributed by atoms with Gasteiger partial charge in [-0.3, -0.25) is 4.79 Å². The number of hydrogen-bond acceptors (Lipinski definition) is 4. The van der Waals surface area contributed by atoms with Crippen LogP contribution in [-0.2, 0) is 4.79 Å². The van der Waals surface area contributed by atoms with Crippen LogP contribution in [0.3, 0.4) is 0 Å². The molecule has 0 N–H and O–H groups in total. The lowest BCUT2D eigenvalue weighted by atomic mass is 10.2. The van der Waals surface area contributed by atoms with E-state index in [-0.39, 0.29) is 5.78 Å². The summed E-state index contributed by atoms with van der Waals surface area (Å²) in [6, 6.07) is 5.20. The quantitative estimate of drug-likeness (QED) is 0.763. The number of Topliss-reactive ketones (excluding diaryl/α,β-unsaturated/α-hetero) is 1. The van der Waals surface area contributed by atoms with E-state index in [1.54, 1.807) is 39.3 Å². The van der Waals surface area contributed by atoms with Gasteiger partial charge in [0.25, 0.3) is 0 Å². The van der Waals surface area contributed by atoms with Gasteiger partial charge in [0.05, 0.1) is 14.2 Å². The fourth-order valence-corrected chi connectivity index (χ4v) is 1.41. The van der Waals surface area contributed by atoms with E-state index in [0.717, 1.165) is 0 Å². The van der Waals surface area contributed by atoms with E-state index in [4.69, 9.17) is 14.2 Å². The SMILES string of the molecule is CCC(=O)C(C)Oc1cc(OC)cc(OC)c1. The summed E-state index contributed by atoms with van der Waals surface area (Å²) in [7, 11) is 3.14. The number of ether oxygens (including phenoxy) is 3. The molecule has 0 aliphatic rings. The van der Waals surface area contributed by atoms with Gasteiger partial charge in [0.2, 0.25) is 0 Å². The largest absolute Gasteiger partial charge is 0.496 e. The lowest BCUT2D eigenvalue weighted by Crippen LogP contribution is -2.22. The van der Waals surface area contributed by atoms with Crippen molar-refractivity contribution in [3.05, 3.63) is 18.2 Å². The topological polar surface area (TPSA) is 44.8 Å². The Balaban J connectivity index is 2.86. The smallest absolute Gasteiger partial charge is 0.172 e. The van der Waals surface area contributed by atoms with Crippen LogP contribution in [-0.4, -0.2) is 26.1 Å². The van der Waals surface area contributed by atoms with Crippen molar-refractivity contribution in [3.8, 4) is 17.2 Å². The molecule has 0 spiro atoms. The minimum absolute atomic E-state index is 0.0618. The normalized spacial score (nSPS) is 11.8. The van der Waals surface area contributed by atoms with Crippen LogP contribution in [0.25, 0.3) is 0 Å². The lowest BCUT2D eigenvalue weighted by molar-refractivity contribution is -0.124. The Morgan fingerprint density at radius 1 is 1.12 bits per heavy atom. The maximum absolute atomic E-state index is 11.4. The molecule has 1 aromatic carbocycles. The molecule has 0 aliphatic carbocycles. The van der Waals surface area contributed by atoms with Crippen molar-refractivity contribution < 1.29 is 19.0 Å². The van der Waals surface area contributed by atoms with E-state index >= 15 is 0 Å². The van der Waals surface area contributed by atoms with Crippen LogP contribution in [0.4, 0.5) is 0 Å². The van der Waals surface area contributed by atoms with Gasteiger partial charge in [-0.2, -0.15) is 0 Å².